The van der Waals surface area contributed by atoms with Crippen molar-refractivity contribution in [3.05, 3.63) is 52.8 Å². The molecule has 0 bridgehead atoms. The van der Waals surface area contributed by atoms with Crippen LogP contribution in [0.15, 0.2) is 36.5 Å². The standard InChI is InChI=1S/C15H20ClN3/c1-15(2,3)17-10-13-8-9-19(18-13)11-12-6-4-5-7-14(12)16/h4-9,17H,10-11H2,1-3H3. The first-order valence-electron chi connectivity index (χ1n) is 6.45. The van der Waals surface area contributed by atoms with Crippen molar-refractivity contribution in [1.82, 2.24) is 15.1 Å². The molecule has 0 fully saturated rings. The van der Waals surface area contributed by atoms with Crippen LogP contribution < -0.4 is 5.32 Å². The van der Waals surface area contributed by atoms with Gasteiger partial charge in [-0.1, -0.05) is 29.8 Å². The number of nitrogens with zero attached hydrogens (tertiary/aromatic N) is 2. The predicted octanol–water partition coefficient (Wildman–Crippen LogP) is 3.47. The SMILES string of the molecule is CC(C)(C)NCc1ccn(Cc2ccccc2Cl)n1. The first-order valence-corrected chi connectivity index (χ1v) is 6.82. The summed E-state index contributed by atoms with van der Waals surface area (Å²) in [4.78, 5) is 0. The minimum Gasteiger partial charge on any atom is -0.306 e. The number of benzene rings is 1. The summed E-state index contributed by atoms with van der Waals surface area (Å²) >= 11 is 6.15. The molecule has 0 unspecified atom stereocenters. The Bertz CT molecular complexity index is 540. The van der Waals surface area contributed by atoms with Gasteiger partial charge in [0.05, 0.1) is 12.2 Å². The lowest BCUT2D eigenvalue weighted by Crippen LogP contribution is -2.35. The third-order valence-electron chi connectivity index (χ3n) is 2.79. The first-order chi connectivity index (χ1) is 8.94. The maximum Gasteiger partial charge on any atom is 0.0762 e. The van der Waals surface area contributed by atoms with E-state index in [-0.39, 0.29) is 5.54 Å². The van der Waals surface area contributed by atoms with Crippen molar-refractivity contribution in [2.45, 2.75) is 39.4 Å². The highest BCUT2D eigenvalue weighted by Crippen LogP contribution is 2.16. The highest BCUT2D eigenvalue weighted by molar-refractivity contribution is 6.31. The minimum atomic E-state index is 0.104. The number of rotatable bonds is 4. The van der Waals surface area contributed by atoms with Crippen molar-refractivity contribution >= 4 is 11.6 Å². The fourth-order valence-electron chi connectivity index (χ4n) is 1.74. The summed E-state index contributed by atoms with van der Waals surface area (Å²) in [6, 6.07) is 9.90. The van der Waals surface area contributed by atoms with Crippen molar-refractivity contribution in [3.8, 4) is 0 Å². The van der Waals surface area contributed by atoms with Crippen molar-refractivity contribution in [1.29, 1.82) is 0 Å². The fourth-order valence-corrected chi connectivity index (χ4v) is 1.94. The average molecular weight is 278 g/mol. The van der Waals surface area contributed by atoms with Gasteiger partial charge in [-0.3, -0.25) is 4.68 Å². The van der Waals surface area contributed by atoms with E-state index in [9.17, 15) is 0 Å². The molecule has 0 saturated carbocycles. The summed E-state index contributed by atoms with van der Waals surface area (Å²) in [5.41, 5.74) is 2.23. The Labute approximate surface area is 119 Å². The van der Waals surface area contributed by atoms with E-state index < -0.39 is 0 Å². The summed E-state index contributed by atoms with van der Waals surface area (Å²) in [7, 11) is 0. The number of hydrogen-bond acceptors (Lipinski definition) is 2. The molecule has 2 rings (SSSR count). The van der Waals surface area contributed by atoms with Crippen LogP contribution in [0.1, 0.15) is 32.0 Å². The molecule has 0 radical (unpaired) electrons. The molecule has 102 valence electrons. The second kappa shape index (κ2) is 5.76. The van der Waals surface area contributed by atoms with Crippen LogP contribution in [0.5, 0.6) is 0 Å². The van der Waals surface area contributed by atoms with Crippen molar-refractivity contribution in [2.24, 2.45) is 0 Å². The van der Waals surface area contributed by atoms with E-state index in [1.807, 2.05) is 41.2 Å². The molecule has 0 atom stereocenters. The molecule has 1 heterocycles. The zero-order valence-corrected chi connectivity index (χ0v) is 12.4. The van der Waals surface area contributed by atoms with Crippen LogP contribution in [0.2, 0.25) is 5.02 Å². The van der Waals surface area contributed by atoms with Crippen molar-refractivity contribution < 1.29 is 0 Å². The van der Waals surface area contributed by atoms with Crippen LogP contribution in [0.4, 0.5) is 0 Å². The molecule has 1 aromatic carbocycles. The lowest BCUT2D eigenvalue weighted by molar-refractivity contribution is 0.419. The minimum absolute atomic E-state index is 0.104. The third kappa shape index (κ3) is 4.37. The highest BCUT2D eigenvalue weighted by atomic mass is 35.5. The van der Waals surface area contributed by atoms with E-state index in [0.29, 0.717) is 6.54 Å². The summed E-state index contributed by atoms with van der Waals surface area (Å²) in [6.07, 6.45) is 1.99. The number of aromatic nitrogens is 2. The van der Waals surface area contributed by atoms with E-state index in [0.717, 1.165) is 22.8 Å². The molecule has 0 aliphatic heterocycles. The van der Waals surface area contributed by atoms with E-state index in [1.54, 1.807) is 0 Å². The predicted molar refractivity (Wildman–Crippen MR) is 79.4 cm³/mol. The van der Waals surface area contributed by atoms with Crippen LogP contribution in [0, 0.1) is 0 Å². The van der Waals surface area contributed by atoms with Gasteiger partial charge in [0.15, 0.2) is 0 Å². The summed E-state index contributed by atoms with van der Waals surface area (Å²) in [5, 5.41) is 8.75. The molecule has 0 amide bonds. The van der Waals surface area contributed by atoms with E-state index in [4.69, 9.17) is 11.6 Å². The van der Waals surface area contributed by atoms with Gasteiger partial charge in [-0.15, -0.1) is 0 Å². The van der Waals surface area contributed by atoms with Crippen LogP contribution in [0.3, 0.4) is 0 Å². The summed E-state index contributed by atoms with van der Waals surface area (Å²) < 4.78 is 1.92. The molecule has 19 heavy (non-hydrogen) atoms. The third-order valence-corrected chi connectivity index (χ3v) is 3.15. The smallest absolute Gasteiger partial charge is 0.0762 e. The molecular formula is C15H20ClN3. The van der Waals surface area contributed by atoms with Crippen LogP contribution in [-0.4, -0.2) is 15.3 Å². The maximum atomic E-state index is 6.15. The van der Waals surface area contributed by atoms with Crippen LogP contribution in [0.25, 0.3) is 0 Å². The first kappa shape index (κ1) is 14.1. The quantitative estimate of drug-likeness (QED) is 0.927. The second-order valence-corrected chi connectivity index (χ2v) is 6.11. The molecule has 0 aliphatic rings. The Hall–Kier alpha value is -1.32. The average Bonchev–Trinajstić information content (AvgIpc) is 2.77. The van der Waals surface area contributed by atoms with Gasteiger partial charge in [0.1, 0.15) is 0 Å². The summed E-state index contributed by atoms with van der Waals surface area (Å²) in [6.45, 7) is 7.92. The largest absolute Gasteiger partial charge is 0.306 e. The Morgan fingerprint density at radius 1 is 1.21 bits per heavy atom. The summed E-state index contributed by atoms with van der Waals surface area (Å²) in [5.74, 6) is 0. The van der Waals surface area contributed by atoms with Gasteiger partial charge >= 0.3 is 0 Å². The molecule has 0 aliphatic carbocycles. The monoisotopic (exact) mass is 277 g/mol. The number of nitrogens with one attached hydrogen (secondary N) is 1. The zero-order valence-electron chi connectivity index (χ0n) is 11.7. The lowest BCUT2D eigenvalue weighted by Gasteiger charge is -2.19. The molecular weight excluding hydrogens is 258 g/mol. The molecule has 3 nitrogen and oxygen atoms in total. The molecule has 2 aromatic rings. The molecule has 0 spiro atoms. The van der Waals surface area contributed by atoms with Crippen molar-refractivity contribution in [2.75, 3.05) is 0 Å². The van der Waals surface area contributed by atoms with Gasteiger partial charge in [-0.05, 0) is 38.5 Å². The molecule has 0 saturated heterocycles. The molecule has 1 N–H and O–H groups in total. The molecule has 4 heteroatoms. The Morgan fingerprint density at radius 2 is 1.95 bits per heavy atom. The number of hydrogen-bond donors (Lipinski definition) is 1. The highest BCUT2D eigenvalue weighted by Gasteiger charge is 2.09. The van der Waals surface area contributed by atoms with Gasteiger partial charge in [0.2, 0.25) is 0 Å². The topological polar surface area (TPSA) is 29.9 Å². The van der Waals surface area contributed by atoms with Gasteiger partial charge in [0.25, 0.3) is 0 Å². The maximum absolute atomic E-state index is 6.15. The Balaban J connectivity index is 2.00. The van der Waals surface area contributed by atoms with Gasteiger partial charge in [-0.2, -0.15) is 5.10 Å². The Kier molecular flexibility index (Phi) is 4.27. The van der Waals surface area contributed by atoms with Gasteiger partial charge < -0.3 is 5.32 Å². The normalized spacial score (nSPS) is 11.8. The van der Waals surface area contributed by atoms with Crippen molar-refractivity contribution in [3.63, 3.8) is 0 Å². The fraction of sp³-hybridized carbons (Fsp3) is 0.400. The second-order valence-electron chi connectivity index (χ2n) is 5.70. The molecule has 1 aromatic heterocycles. The van der Waals surface area contributed by atoms with Crippen LogP contribution >= 0.6 is 11.6 Å². The van der Waals surface area contributed by atoms with Crippen LogP contribution in [-0.2, 0) is 13.1 Å². The van der Waals surface area contributed by atoms with Gasteiger partial charge in [0, 0.05) is 23.3 Å². The van der Waals surface area contributed by atoms with E-state index in [2.05, 4.69) is 31.2 Å². The van der Waals surface area contributed by atoms with Gasteiger partial charge in [-0.25, -0.2) is 0 Å². The van der Waals surface area contributed by atoms with E-state index in [1.165, 1.54) is 0 Å². The van der Waals surface area contributed by atoms with E-state index >= 15 is 0 Å². The zero-order chi connectivity index (χ0) is 13.9. The lowest BCUT2D eigenvalue weighted by atomic mass is 10.1. The number of halogens is 1. The Morgan fingerprint density at radius 3 is 2.63 bits per heavy atom.